The van der Waals surface area contributed by atoms with Crippen molar-refractivity contribution in [3.63, 3.8) is 0 Å². The first-order valence-electron chi connectivity index (χ1n) is 26.0. The van der Waals surface area contributed by atoms with E-state index in [2.05, 4.69) is 10.6 Å². The first-order chi connectivity index (χ1) is 38.6. The summed E-state index contributed by atoms with van der Waals surface area (Å²) in [6.07, 6.45) is -38.1. The van der Waals surface area contributed by atoms with Crippen molar-refractivity contribution in [1.29, 1.82) is 0 Å². The first-order valence-corrected chi connectivity index (χ1v) is 26.0. The minimum Gasteiger partial charge on any atom is -0.447 e. The molecule has 0 aromatic heterocycles. The number of ether oxygens (including phenoxy) is 12. The maximum absolute atomic E-state index is 11.9. The molecule has 6 rings (SSSR count). The Balaban J connectivity index is 0.000000353. The summed E-state index contributed by atoms with van der Waals surface area (Å²) in [5.41, 5.74) is 0. The fourth-order valence-electron chi connectivity index (χ4n) is 9.36. The van der Waals surface area contributed by atoms with E-state index in [-0.39, 0.29) is 6.54 Å². The van der Waals surface area contributed by atoms with Crippen molar-refractivity contribution in [2.45, 2.75) is 184 Å². The van der Waals surface area contributed by atoms with Gasteiger partial charge in [0.25, 0.3) is 0 Å². The van der Waals surface area contributed by atoms with Crippen molar-refractivity contribution >= 4 is 12.2 Å². The van der Waals surface area contributed by atoms with Crippen LogP contribution in [0, 0.1) is 0 Å². The molecule has 8 unspecified atom stereocenters. The van der Waals surface area contributed by atoms with Crippen LogP contribution in [0.2, 0.25) is 0 Å². The van der Waals surface area contributed by atoms with E-state index in [1.807, 2.05) is 0 Å². The first kappa shape index (κ1) is 71.8. The van der Waals surface area contributed by atoms with E-state index in [0.717, 1.165) is 0 Å². The van der Waals surface area contributed by atoms with Gasteiger partial charge in [-0.2, -0.15) is 0 Å². The molecule has 6 heterocycles. The summed E-state index contributed by atoms with van der Waals surface area (Å²) in [5, 5.41) is 219. The Morgan fingerprint density at radius 3 is 1.20 bits per heavy atom. The monoisotopic (exact) mass is 1470 g/mol. The van der Waals surface area contributed by atoms with Crippen molar-refractivity contribution in [1.82, 2.24) is 10.6 Å². The zero-order valence-electron chi connectivity index (χ0n) is 44.6. The zero-order valence-corrected chi connectivity index (χ0v) is 47.0. The molecule has 0 aliphatic carbocycles. The van der Waals surface area contributed by atoms with E-state index >= 15 is 0 Å². The van der Waals surface area contributed by atoms with E-state index in [1.54, 1.807) is 13.8 Å². The molecule has 0 saturated carbocycles. The van der Waals surface area contributed by atoms with Gasteiger partial charge in [0.2, 0.25) is 28.9 Å². The summed E-state index contributed by atoms with van der Waals surface area (Å²) >= 11 is 0. The fourth-order valence-corrected chi connectivity index (χ4v) is 9.36. The van der Waals surface area contributed by atoms with Crippen LogP contribution < -0.4 is 10.6 Å². The molecule has 38 heteroatoms. The fraction of sp³-hybridized carbons (Fsp3) is 0.956. The molecule has 0 bridgehead atoms. The normalized spacial score (nSPS) is 45.1. The summed E-state index contributed by atoms with van der Waals surface area (Å²) in [5.74, 6) is -12.8. The SMILES string of the molecule is CCCNC(=O)OC[C@H]1O[C@@](CO[C@]2(CO)O[C@H](CO)[C@H](O)C2O)(OC[C@@]2(O)OC(CO)[C@@H](O)[C@H](O)C2O)C(O)[C@H]1O.CCCNC(=O)OC[C@H]1O[C@@](CO[C@]2(CO)O[C@H](CO)[C@H](O)C2O)(O[C@H]2OC(CO)[C@@H](O)[C@H](O)C2O)C(O)[C@H]1O.[Fm]. The van der Waals surface area contributed by atoms with Gasteiger partial charge < -0.3 is 175 Å². The third-order valence-corrected chi connectivity index (χ3v) is 14.4. The van der Waals surface area contributed by atoms with Gasteiger partial charge >= 0.3 is 12.2 Å². The summed E-state index contributed by atoms with van der Waals surface area (Å²) in [7, 11) is 0. The summed E-state index contributed by atoms with van der Waals surface area (Å²) in [6.45, 7) is -5.82. The Morgan fingerprint density at radius 2 is 0.783 bits per heavy atom. The van der Waals surface area contributed by atoms with E-state index in [4.69, 9.17) is 56.8 Å². The molecule has 23 N–H and O–H groups in total. The Morgan fingerprint density at radius 1 is 0.422 bits per heavy atom. The predicted octanol–water partition coefficient (Wildman–Crippen LogP) is -13.5. The minimum absolute atomic E-state index is 0. The molecular weight excluding hydrogens is 1390 g/mol. The van der Waals surface area contributed by atoms with Gasteiger partial charge in [0.05, 0.1) is 26.4 Å². The number of hydrogen-bond donors (Lipinski definition) is 23. The number of amides is 2. The van der Waals surface area contributed by atoms with E-state index < -0.39 is 242 Å². The summed E-state index contributed by atoms with van der Waals surface area (Å²) in [6, 6.07) is 0. The van der Waals surface area contributed by atoms with Crippen LogP contribution in [0.4, 0.5) is 9.59 Å². The molecule has 6 fully saturated rings. The second-order valence-corrected chi connectivity index (χ2v) is 20.1. The Labute approximate surface area is 465 Å². The third kappa shape index (κ3) is 15.2. The Hall–Kier alpha value is -3.70. The maximum Gasteiger partial charge on any atom is 0.407 e. The average Bonchev–Trinajstić information content (AvgIpc) is 3.85. The largest absolute Gasteiger partial charge is 0.447 e. The standard InChI is InChI=1S/C23H41NO18.C22H39NO17.Fm/c1-2-3-24-20(35)37-6-12-15(30)19(34)23(42-12,9-39-22(7-27)18(33)14(29)11(5-26)41-22)38-8-21(36)17(32)16(31)13(28)10(4-25)40-21;1-2-3-23-20(34)35-6-11-14(29)18(33)22(39-11,40-19-16(31)15(30)12(27)9(4-24)37-19)8-36-21(7-26)17(32)13(28)10(5-25)38-21;/h10-19,25-34,36H,2-9H2,1H3,(H,24,35);9-19,24-33H,2-8H2,1H3,(H,23,34);/t10?,11-,12-,13-,14+,15+,16+,17?,18?,19?,21-,22-,23-;9?,10-,11-,12-,13+,14+,15+,16?,17?,18?,19-,21-,22+;/m11./s1. The smallest absolute Gasteiger partial charge is 0.407 e. The van der Waals surface area contributed by atoms with Gasteiger partial charge in [-0.25, -0.2) is 9.59 Å². The number of aliphatic hydroxyl groups excluding tert-OH is 20. The van der Waals surface area contributed by atoms with Crippen LogP contribution in [0.5, 0.6) is 0 Å². The van der Waals surface area contributed by atoms with Crippen molar-refractivity contribution in [3.05, 3.63) is 0 Å². The second-order valence-electron chi connectivity index (χ2n) is 20.1. The van der Waals surface area contributed by atoms with Crippen LogP contribution in [0.1, 0.15) is 26.7 Å². The van der Waals surface area contributed by atoms with Crippen LogP contribution >= 0.6 is 0 Å². The van der Waals surface area contributed by atoms with Gasteiger partial charge in [0.1, 0.15) is 168 Å². The molecule has 0 aromatic rings. The number of carbonyl (C=O) groups is 2. The van der Waals surface area contributed by atoms with Crippen molar-refractivity contribution in [3.8, 4) is 0 Å². The topological polar surface area (TPSA) is 594 Å². The molecule has 6 aliphatic heterocycles. The molecule has 26 atom stereocenters. The Bertz CT molecular complexity index is 1980. The second kappa shape index (κ2) is 30.3. The molecule has 0 aromatic carbocycles. The van der Waals surface area contributed by atoms with Gasteiger partial charge in [0, 0.05) is 13.1 Å². The predicted molar refractivity (Wildman–Crippen MR) is 254 cm³/mol. The van der Waals surface area contributed by atoms with Crippen LogP contribution in [0.15, 0.2) is 0 Å². The molecule has 37 nitrogen and oxygen atoms in total. The number of nitrogens with one attached hydrogen (secondary N) is 2. The van der Waals surface area contributed by atoms with E-state index in [9.17, 15) is 117 Å². The molecule has 0 spiro atoms. The van der Waals surface area contributed by atoms with Crippen molar-refractivity contribution in [2.75, 3.05) is 85.8 Å². The average molecular weight is 1470 g/mol. The van der Waals surface area contributed by atoms with E-state index in [0.29, 0.717) is 19.4 Å². The molecule has 2 amide bonds. The third-order valence-electron chi connectivity index (χ3n) is 14.4. The van der Waals surface area contributed by atoms with Crippen LogP contribution in [0.25, 0.3) is 0 Å². The maximum atomic E-state index is 11.9. The molecule has 0 radical (unpaired) electrons. The minimum atomic E-state index is -2.85. The van der Waals surface area contributed by atoms with Gasteiger partial charge in [-0.1, -0.05) is 13.8 Å². The molecular formula is C45H80FmN2O35. The Kier molecular flexibility index (Phi) is 26.2. The van der Waals surface area contributed by atoms with Crippen LogP contribution in [-0.4, -0.2) is 362 Å². The molecule has 83 heavy (non-hydrogen) atoms. The number of alkyl carbamates (subject to hydrolysis) is 2. The quantitative estimate of drug-likeness (QED) is 0.0404. The number of carbonyl (C=O) groups excluding carboxylic acids is 2. The van der Waals surface area contributed by atoms with Crippen molar-refractivity contribution in [2.24, 2.45) is 0 Å². The summed E-state index contributed by atoms with van der Waals surface area (Å²) < 4.78 is 64.7. The van der Waals surface area contributed by atoms with Gasteiger partial charge in [0.15, 0.2) is 6.29 Å². The number of hydrogen-bond acceptors (Lipinski definition) is 35. The number of aliphatic hydroxyl groups is 21. The number of rotatable bonds is 25. The molecule has 6 saturated heterocycles. The summed E-state index contributed by atoms with van der Waals surface area (Å²) in [4.78, 5) is 23.8. The van der Waals surface area contributed by atoms with Crippen LogP contribution in [-0.2, 0) is 56.8 Å². The zero-order chi connectivity index (χ0) is 61.3. The molecule has 6 aliphatic rings. The van der Waals surface area contributed by atoms with Crippen LogP contribution in [0.3, 0.4) is 0 Å². The van der Waals surface area contributed by atoms with Gasteiger partial charge in [-0.05, 0) is 12.8 Å². The van der Waals surface area contributed by atoms with Gasteiger partial charge in [-0.3, -0.25) is 0 Å². The molecule has 492 valence electrons. The van der Waals surface area contributed by atoms with Crippen molar-refractivity contribution < 1.29 is 174 Å². The van der Waals surface area contributed by atoms with E-state index in [1.165, 1.54) is 0 Å². The van der Waals surface area contributed by atoms with Gasteiger partial charge in [-0.15, -0.1) is 0 Å².